The first-order valence-electron chi connectivity index (χ1n) is 4.62. The molecule has 0 aliphatic rings. The topological polar surface area (TPSA) is 34.9 Å². The highest BCUT2D eigenvalue weighted by atomic mass is 35.5. The zero-order valence-electron chi connectivity index (χ0n) is 8.23. The van der Waals surface area contributed by atoms with Crippen LogP contribution in [0.3, 0.4) is 0 Å². The van der Waals surface area contributed by atoms with E-state index in [0.29, 0.717) is 10.6 Å². The van der Waals surface area contributed by atoms with Gasteiger partial charge in [-0.1, -0.05) is 17.7 Å². The smallest absolute Gasteiger partial charge is 0.253 e. The first-order chi connectivity index (χ1) is 7.68. The van der Waals surface area contributed by atoms with E-state index < -0.39 is 5.82 Å². The van der Waals surface area contributed by atoms with Crippen molar-refractivity contribution in [1.29, 1.82) is 0 Å². The molecular weight excluding hydrogens is 231 g/mol. The lowest BCUT2D eigenvalue weighted by Gasteiger charge is -2.07. The van der Waals surface area contributed by atoms with Crippen molar-refractivity contribution in [3.05, 3.63) is 63.5 Å². The molecule has 0 spiro atoms. The zero-order valence-corrected chi connectivity index (χ0v) is 8.99. The molecule has 1 aromatic heterocycles. The molecule has 0 unspecified atom stereocenters. The zero-order chi connectivity index (χ0) is 11.5. The van der Waals surface area contributed by atoms with E-state index in [-0.39, 0.29) is 12.1 Å². The van der Waals surface area contributed by atoms with Gasteiger partial charge in [0.15, 0.2) is 0 Å². The average molecular weight is 239 g/mol. The van der Waals surface area contributed by atoms with E-state index >= 15 is 0 Å². The Hall–Kier alpha value is -1.68. The molecule has 82 valence electrons. The van der Waals surface area contributed by atoms with Crippen molar-refractivity contribution in [2.75, 3.05) is 0 Å². The molecule has 1 heterocycles. The predicted molar refractivity (Wildman–Crippen MR) is 59.0 cm³/mol. The van der Waals surface area contributed by atoms with Crippen LogP contribution in [0.4, 0.5) is 4.39 Å². The van der Waals surface area contributed by atoms with E-state index in [4.69, 9.17) is 11.6 Å². The second-order valence-corrected chi connectivity index (χ2v) is 3.65. The van der Waals surface area contributed by atoms with Crippen LogP contribution in [-0.4, -0.2) is 9.55 Å². The van der Waals surface area contributed by atoms with Crippen molar-refractivity contribution in [2.45, 2.75) is 6.54 Å². The molecule has 16 heavy (non-hydrogen) atoms. The number of hydrogen-bond acceptors (Lipinski definition) is 2. The number of nitrogens with zero attached hydrogens (tertiary/aromatic N) is 2. The van der Waals surface area contributed by atoms with Gasteiger partial charge in [0.2, 0.25) is 0 Å². The molecule has 2 aromatic rings. The fraction of sp³-hybridized carbons (Fsp3) is 0.0909. The van der Waals surface area contributed by atoms with Crippen LogP contribution in [0.25, 0.3) is 0 Å². The summed E-state index contributed by atoms with van der Waals surface area (Å²) in [6.07, 6.45) is 2.74. The minimum Gasteiger partial charge on any atom is -0.295 e. The molecule has 0 aliphatic carbocycles. The third kappa shape index (κ3) is 2.12. The summed E-state index contributed by atoms with van der Waals surface area (Å²) in [5.74, 6) is -0.428. The predicted octanol–water partition coefficient (Wildman–Crippen LogP) is 2.08. The lowest BCUT2D eigenvalue weighted by Crippen LogP contribution is -2.20. The third-order valence-electron chi connectivity index (χ3n) is 2.18. The van der Waals surface area contributed by atoms with E-state index in [9.17, 15) is 9.18 Å². The number of rotatable bonds is 2. The minimum absolute atomic E-state index is 0.0815. The van der Waals surface area contributed by atoms with Gasteiger partial charge in [0.05, 0.1) is 12.9 Å². The number of benzene rings is 1. The second-order valence-electron chi connectivity index (χ2n) is 3.25. The number of halogens is 2. The van der Waals surface area contributed by atoms with Gasteiger partial charge in [-0.05, 0) is 12.1 Å². The van der Waals surface area contributed by atoms with E-state index in [1.165, 1.54) is 35.3 Å². The Balaban J connectivity index is 2.42. The van der Waals surface area contributed by atoms with Gasteiger partial charge in [0.25, 0.3) is 5.56 Å². The van der Waals surface area contributed by atoms with Crippen molar-refractivity contribution in [2.24, 2.45) is 0 Å². The van der Waals surface area contributed by atoms with Gasteiger partial charge in [0.1, 0.15) is 5.82 Å². The molecule has 0 radical (unpaired) electrons. The summed E-state index contributed by atoms with van der Waals surface area (Å²) >= 11 is 5.86. The van der Waals surface area contributed by atoms with Crippen molar-refractivity contribution in [3.63, 3.8) is 0 Å². The number of aromatic nitrogens is 2. The van der Waals surface area contributed by atoms with Crippen LogP contribution in [0, 0.1) is 5.82 Å². The summed E-state index contributed by atoms with van der Waals surface area (Å²) in [5, 5.41) is 0.302. The quantitative estimate of drug-likeness (QED) is 0.803. The van der Waals surface area contributed by atoms with E-state index in [0.717, 1.165) is 0 Å². The SMILES string of the molecule is O=c1ccncn1Cc1c(F)cccc1Cl. The Morgan fingerprint density at radius 1 is 1.38 bits per heavy atom. The Bertz CT molecular complexity index is 548. The summed E-state index contributed by atoms with van der Waals surface area (Å²) < 4.78 is 14.7. The molecular formula is C11H8ClFN2O. The van der Waals surface area contributed by atoms with Gasteiger partial charge in [-0.2, -0.15) is 0 Å². The Labute approximate surface area is 96.1 Å². The monoisotopic (exact) mass is 238 g/mol. The lowest BCUT2D eigenvalue weighted by molar-refractivity contribution is 0.594. The summed E-state index contributed by atoms with van der Waals surface area (Å²) in [5.41, 5.74) is 0.0496. The second kappa shape index (κ2) is 4.45. The molecule has 0 N–H and O–H groups in total. The third-order valence-corrected chi connectivity index (χ3v) is 2.54. The van der Waals surface area contributed by atoms with Gasteiger partial charge in [-0.3, -0.25) is 9.36 Å². The van der Waals surface area contributed by atoms with Crippen LogP contribution >= 0.6 is 11.6 Å². The van der Waals surface area contributed by atoms with Crippen molar-refractivity contribution >= 4 is 11.6 Å². The van der Waals surface area contributed by atoms with Crippen LogP contribution < -0.4 is 5.56 Å². The maximum atomic E-state index is 13.4. The van der Waals surface area contributed by atoms with Crippen LogP contribution in [0.5, 0.6) is 0 Å². The highest BCUT2D eigenvalue weighted by molar-refractivity contribution is 6.31. The molecule has 0 bridgehead atoms. The fourth-order valence-corrected chi connectivity index (χ4v) is 1.57. The summed E-state index contributed by atoms with van der Waals surface area (Å²) in [7, 11) is 0. The Kier molecular flexibility index (Phi) is 3.01. The molecule has 0 saturated heterocycles. The maximum Gasteiger partial charge on any atom is 0.253 e. The summed E-state index contributed by atoms with van der Waals surface area (Å²) in [6.45, 7) is 0.0815. The van der Waals surface area contributed by atoms with Gasteiger partial charge in [-0.25, -0.2) is 9.37 Å². The van der Waals surface area contributed by atoms with Crippen LogP contribution in [0.2, 0.25) is 5.02 Å². The van der Waals surface area contributed by atoms with Crippen molar-refractivity contribution in [3.8, 4) is 0 Å². The van der Waals surface area contributed by atoms with Crippen LogP contribution in [-0.2, 0) is 6.54 Å². The fourth-order valence-electron chi connectivity index (χ4n) is 1.35. The number of hydrogen-bond donors (Lipinski definition) is 0. The maximum absolute atomic E-state index is 13.4. The minimum atomic E-state index is -0.428. The normalized spacial score (nSPS) is 10.4. The molecule has 0 aliphatic heterocycles. The van der Waals surface area contributed by atoms with Crippen molar-refractivity contribution < 1.29 is 4.39 Å². The Morgan fingerprint density at radius 3 is 2.88 bits per heavy atom. The van der Waals surface area contributed by atoms with Crippen LogP contribution in [0.15, 0.2) is 41.6 Å². The van der Waals surface area contributed by atoms with Gasteiger partial charge in [-0.15, -0.1) is 0 Å². The van der Waals surface area contributed by atoms with Gasteiger partial charge < -0.3 is 0 Å². The molecule has 2 rings (SSSR count). The van der Waals surface area contributed by atoms with Gasteiger partial charge in [0, 0.05) is 22.8 Å². The van der Waals surface area contributed by atoms with Gasteiger partial charge >= 0.3 is 0 Å². The first kappa shape index (κ1) is 10.8. The highest BCUT2D eigenvalue weighted by Gasteiger charge is 2.07. The van der Waals surface area contributed by atoms with Crippen LogP contribution in [0.1, 0.15) is 5.56 Å². The van der Waals surface area contributed by atoms with E-state index in [2.05, 4.69) is 4.98 Å². The molecule has 0 amide bonds. The Morgan fingerprint density at radius 2 is 2.19 bits per heavy atom. The van der Waals surface area contributed by atoms with E-state index in [1.54, 1.807) is 6.07 Å². The highest BCUT2D eigenvalue weighted by Crippen LogP contribution is 2.19. The molecule has 0 saturated carbocycles. The summed E-state index contributed by atoms with van der Waals surface area (Å²) in [4.78, 5) is 15.2. The lowest BCUT2D eigenvalue weighted by atomic mass is 10.2. The van der Waals surface area contributed by atoms with E-state index in [1.807, 2.05) is 0 Å². The molecule has 1 aromatic carbocycles. The summed E-state index contributed by atoms with van der Waals surface area (Å²) in [6, 6.07) is 5.73. The standard InChI is InChI=1S/C11H8ClFN2O/c12-9-2-1-3-10(13)8(9)6-15-7-14-5-4-11(15)16/h1-5,7H,6H2. The largest absolute Gasteiger partial charge is 0.295 e. The van der Waals surface area contributed by atoms with Crippen molar-refractivity contribution in [1.82, 2.24) is 9.55 Å². The first-order valence-corrected chi connectivity index (χ1v) is 4.99. The molecule has 5 heteroatoms. The molecule has 0 fully saturated rings. The molecule has 3 nitrogen and oxygen atoms in total. The average Bonchev–Trinajstić information content (AvgIpc) is 2.26. The molecule has 0 atom stereocenters.